The monoisotopic (exact) mass is 306 g/mol. The number of fused-ring (bicyclic) bond motifs is 1. The van der Waals surface area contributed by atoms with E-state index in [0.29, 0.717) is 22.3 Å². The van der Waals surface area contributed by atoms with Gasteiger partial charge in [0.15, 0.2) is 0 Å². The molecule has 0 aliphatic rings. The van der Waals surface area contributed by atoms with Gasteiger partial charge >= 0.3 is 5.97 Å². The van der Waals surface area contributed by atoms with Crippen LogP contribution in [0.5, 0.6) is 0 Å². The number of aromatic carboxylic acids is 1. The van der Waals surface area contributed by atoms with Crippen LogP contribution in [0.3, 0.4) is 0 Å². The summed E-state index contributed by atoms with van der Waals surface area (Å²) in [5.41, 5.74) is 1.33. The molecule has 0 saturated carbocycles. The van der Waals surface area contributed by atoms with Crippen LogP contribution in [-0.2, 0) is 6.54 Å². The lowest BCUT2D eigenvalue weighted by Gasteiger charge is -2.03. The van der Waals surface area contributed by atoms with E-state index in [2.05, 4.69) is 4.98 Å². The van der Waals surface area contributed by atoms with Crippen molar-refractivity contribution < 1.29 is 9.90 Å². The Labute approximate surface area is 121 Å². The van der Waals surface area contributed by atoms with Crippen molar-refractivity contribution in [2.75, 3.05) is 0 Å². The van der Waals surface area contributed by atoms with Gasteiger partial charge in [0.1, 0.15) is 9.71 Å². The first kappa shape index (κ1) is 13.0. The van der Waals surface area contributed by atoms with Crippen molar-refractivity contribution in [3.63, 3.8) is 0 Å². The molecule has 0 saturated heterocycles. The van der Waals surface area contributed by atoms with Crippen molar-refractivity contribution in [2.24, 2.45) is 0 Å². The third-order valence-corrected chi connectivity index (χ3v) is 4.96. The van der Waals surface area contributed by atoms with Crippen LogP contribution in [-0.4, -0.2) is 20.6 Å². The molecule has 3 aromatic heterocycles. The Morgan fingerprint density at radius 2 is 2.30 bits per heavy atom. The average Bonchev–Trinajstić information content (AvgIpc) is 3.01. The minimum absolute atomic E-state index is 0.179. The normalized spacial score (nSPS) is 11.1. The summed E-state index contributed by atoms with van der Waals surface area (Å²) in [6.45, 7) is 2.10. The van der Waals surface area contributed by atoms with Crippen molar-refractivity contribution in [2.45, 2.75) is 13.5 Å². The molecule has 3 rings (SSSR count). The SMILES string of the molecule is Cc1c(C(=O)O)sc2ncn(Cc3ccsc3)c(=O)c12. The Balaban J connectivity index is 2.17. The fraction of sp³-hybridized carbons (Fsp3) is 0.154. The molecule has 0 atom stereocenters. The minimum atomic E-state index is -1.02. The van der Waals surface area contributed by atoms with Crippen molar-refractivity contribution in [1.82, 2.24) is 9.55 Å². The van der Waals surface area contributed by atoms with Gasteiger partial charge in [-0.05, 0) is 34.9 Å². The number of carboxylic acids is 1. The number of nitrogens with zero attached hydrogens (tertiary/aromatic N) is 2. The van der Waals surface area contributed by atoms with Gasteiger partial charge in [-0.25, -0.2) is 9.78 Å². The van der Waals surface area contributed by atoms with Gasteiger partial charge in [-0.2, -0.15) is 11.3 Å². The first-order chi connectivity index (χ1) is 9.58. The van der Waals surface area contributed by atoms with E-state index in [-0.39, 0.29) is 10.4 Å². The van der Waals surface area contributed by atoms with Gasteiger partial charge in [0.2, 0.25) is 0 Å². The maximum Gasteiger partial charge on any atom is 0.346 e. The number of aryl methyl sites for hydroxylation is 1. The van der Waals surface area contributed by atoms with E-state index in [4.69, 9.17) is 5.11 Å². The van der Waals surface area contributed by atoms with Crippen molar-refractivity contribution in [1.29, 1.82) is 0 Å². The predicted octanol–water partition coefficient (Wildman–Crippen LogP) is 2.57. The number of thiophene rings is 2. The van der Waals surface area contributed by atoms with Crippen LogP contribution in [0.2, 0.25) is 0 Å². The van der Waals surface area contributed by atoms with E-state index >= 15 is 0 Å². The van der Waals surface area contributed by atoms with E-state index in [0.717, 1.165) is 16.9 Å². The Morgan fingerprint density at radius 1 is 1.50 bits per heavy atom. The summed E-state index contributed by atoms with van der Waals surface area (Å²) in [6.07, 6.45) is 1.48. The zero-order valence-corrected chi connectivity index (χ0v) is 12.1. The Morgan fingerprint density at radius 3 is 2.95 bits per heavy atom. The van der Waals surface area contributed by atoms with Crippen LogP contribution in [0.25, 0.3) is 10.2 Å². The van der Waals surface area contributed by atoms with Gasteiger partial charge in [-0.15, -0.1) is 11.3 Å². The number of carbonyl (C=O) groups is 1. The molecule has 3 aromatic rings. The highest BCUT2D eigenvalue weighted by Crippen LogP contribution is 2.26. The smallest absolute Gasteiger partial charge is 0.346 e. The molecule has 3 heterocycles. The number of hydrogen-bond donors (Lipinski definition) is 1. The molecule has 0 spiro atoms. The molecule has 0 fully saturated rings. The fourth-order valence-corrected chi connectivity index (χ4v) is 3.69. The fourth-order valence-electron chi connectivity index (χ4n) is 2.06. The quantitative estimate of drug-likeness (QED) is 0.807. The molecule has 5 nitrogen and oxygen atoms in total. The summed E-state index contributed by atoms with van der Waals surface area (Å²) >= 11 is 2.61. The molecule has 0 aliphatic heterocycles. The maximum atomic E-state index is 12.5. The number of aromatic nitrogens is 2. The van der Waals surface area contributed by atoms with E-state index in [1.54, 1.807) is 18.3 Å². The van der Waals surface area contributed by atoms with Crippen LogP contribution < -0.4 is 5.56 Å². The highest BCUT2D eigenvalue weighted by atomic mass is 32.1. The molecule has 7 heteroatoms. The summed E-state index contributed by atoms with van der Waals surface area (Å²) < 4.78 is 1.51. The molecule has 1 N–H and O–H groups in total. The standard InChI is InChI=1S/C13H10N2O3S2/c1-7-9-11(20-10(7)13(17)18)14-6-15(12(9)16)4-8-2-3-19-5-8/h2-3,5-6H,4H2,1H3,(H,17,18). The van der Waals surface area contributed by atoms with Crippen LogP contribution in [0.1, 0.15) is 20.8 Å². The van der Waals surface area contributed by atoms with Crippen LogP contribution in [0.4, 0.5) is 0 Å². The molecule has 0 aromatic carbocycles. The summed E-state index contributed by atoms with van der Waals surface area (Å²) in [5.74, 6) is -1.02. The van der Waals surface area contributed by atoms with Gasteiger partial charge in [0.05, 0.1) is 18.3 Å². The lowest BCUT2D eigenvalue weighted by atomic mass is 10.2. The second-order valence-electron chi connectivity index (χ2n) is 4.35. The summed E-state index contributed by atoms with van der Waals surface area (Å²) in [4.78, 5) is 28.4. The number of carboxylic acid groups (broad SMARTS) is 1. The second-order valence-corrected chi connectivity index (χ2v) is 6.13. The van der Waals surface area contributed by atoms with Gasteiger partial charge < -0.3 is 5.11 Å². The first-order valence-electron chi connectivity index (χ1n) is 5.81. The largest absolute Gasteiger partial charge is 0.477 e. The van der Waals surface area contributed by atoms with E-state index in [1.807, 2.05) is 16.8 Å². The maximum absolute atomic E-state index is 12.5. The van der Waals surface area contributed by atoms with E-state index in [1.165, 1.54) is 10.9 Å². The highest BCUT2D eigenvalue weighted by Gasteiger charge is 2.18. The molecule has 102 valence electrons. The molecule has 0 radical (unpaired) electrons. The first-order valence-corrected chi connectivity index (χ1v) is 7.56. The third kappa shape index (κ3) is 2.04. The Bertz CT molecular complexity index is 846. The van der Waals surface area contributed by atoms with E-state index in [9.17, 15) is 9.59 Å². The van der Waals surface area contributed by atoms with Crippen LogP contribution in [0.15, 0.2) is 27.9 Å². The minimum Gasteiger partial charge on any atom is -0.477 e. The average molecular weight is 306 g/mol. The van der Waals surface area contributed by atoms with Crippen molar-refractivity contribution >= 4 is 38.9 Å². The lowest BCUT2D eigenvalue weighted by molar-refractivity contribution is 0.0701. The van der Waals surface area contributed by atoms with Gasteiger partial charge in [0, 0.05) is 0 Å². The van der Waals surface area contributed by atoms with E-state index < -0.39 is 5.97 Å². The molecule has 0 aliphatic carbocycles. The molecule has 20 heavy (non-hydrogen) atoms. The Hall–Kier alpha value is -1.99. The summed E-state index contributed by atoms with van der Waals surface area (Å²) in [5, 5.41) is 13.4. The summed E-state index contributed by atoms with van der Waals surface area (Å²) in [6, 6.07) is 1.95. The zero-order chi connectivity index (χ0) is 14.3. The summed E-state index contributed by atoms with van der Waals surface area (Å²) in [7, 11) is 0. The van der Waals surface area contributed by atoms with Crippen LogP contribution >= 0.6 is 22.7 Å². The zero-order valence-electron chi connectivity index (χ0n) is 10.5. The molecular weight excluding hydrogens is 296 g/mol. The highest BCUT2D eigenvalue weighted by molar-refractivity contribution is 7.20. The Kier molecular flexibility index (Phi) is 3.15. The molecule has 0 bridgehead atoms. The van der Waals surface area contributed by atoms with Gasteiger partial charge in [-0.3, -0.25) is 9.36 Å². The molecule has 0 unspecified atom stereocenters. The lowest BCUT2D eigenvalue weighted by Crippen LogP contribution is -2.20. The number of rotatable bonds is 3. The van der Waals surface area contributed by atoms with Crippen LogP contribution in [0, 0.1) is 6.92 Å². The van der Waals surface area contributed by atoms with Gasteiger partial charge in [0.25, 0.3) is 5.56 Å². The second kappa shape index (κ2) is 4.84. The van der Waals surface area contributed by atoms with Crippen molar-refractivity contribution in [3.8, 4) is 0 Å². The van der Waals surface area contributed by atoms with Gasteiger partial charge in [-0.1, -0.05) is 0 Å². The predicted molar refractivity (Wildman–Crippen MR) is 79.0 cm³/mol. The topological polar surface area (TPSA) is 72.2 Å². The van der Waals surface area contributed by atoms with Crippen molar-refractivity contribution in [3.05, 3.63) is 49.5 Å². The molecule has 0 amide bonds. The number of hydrogen-bond acceptors (Lipinski definition) is 5. The third-order valence-electron chi connectivity index (χ3n) is 3.04. The molecular formula is C13H10N2O3S2.